The molecule has 2 fully saturated rings. The van der Waals surface area contributed by atoms with Crippen LogP contribution in [0.3, 0.4) is 0 Å². The molecule has 1 amide bonds. The van der Waals surface area contributed by atoms with Crippen LogP contribution in [-0.4, -0.2) is 82.3 Å². The van der Waals surface area contributed by atoms with Crippen molar-refractivity contribution in [2.45, 2.75) is 6.42 Å². The van der Waals surface area contributed by atoms with Gasteiger partial charge in [0, 0.05) is 39.0 Å². The van der Waals surface area contributed by atoms with Crippen molar-refractivity contribution in [2.24, 2.45) is 11.8 Å². The second-order valence-electron chi connectivity index (χ2n) is 7.77. The first kappa shape index (κ1) is 21.4. The zero-order chi connectivity index (χ0) is 20.9. The summed E-state index contributed by atoms with van der Waals surface area (Å²) < 4.78 is 33.2. The van der Waals surface area contributed by atoms with E-state index in [9.17, 15) is 13.2 Å². The quantitative estimate of drug-likeness (QED) is 0.585. The molecular weight excluding hydrogens is 394 g/mol. The molecular formula is C20H27N3O5S. The third-order valence-electron chi connectivity index (χ3n) is 5.36. The van der Waals surface area contributed by atoms with Gasteiger partial charge < -0.3 is 14.4 Å². The van der Waals surface area contributed by atoms with Gasteiger partial charge in [-0.1, -0.05) is 0 Å². The summed E-state index contributed by atoms with van der Waals surface area (Å²) in [5.74, 6) is 1.67. The van der Waals surface area contributed by atoms with Crippen molar-refractivity contribution < 1.29 is 22.7 Å². The van der Waals surface area contributed by atoms with Crippen molar-refractivity contribution in [3.05, 3.63) is 29.8 Å². The Labute approximate surface area is 171 Å². The molecule has 0 bridgehead atoms. The summed E-state index contributed by atoms with van der Waals surface area (Å²) in [6.45, 7) is 4.76. The van der Waals surface area contributed by atoms with Crippen molar-refractivity contribution in [2.75, 3.05) is 57.9 Å². The van der Waals surface area contributed by atoms with Gasteiger partial charge in [0.15, 0.2) is 0 Å². The minimum absolute atomic E-state index is 0.0328. The van der Waals surface area contributed by atoms with E-state index in [1.165, 1.54) is 6.26 Å². The molecule has 1 aromatic rings. The van der Waals surface area contributed by atoms with Gasteiger partial charge in [-0.15, -0.1) is 0 Å². The van der Waals surface area contributed by atoms with E-state index >= 15 is 0 Å². The zero-order valence-electron chi connectivity index (χ0n) is 16.6. The zero-order valence-corrected chi connectivity index (χ0v) is 17.4. The molecule has 0 aromatic heterocycles. The van der Waals surface area contributed by atoms with Gasteiger partial charge in [0.1, 0.15) is 22.2 Å². The number of benzene rings is 1. The number of sulfone groups is 1. The van der Waals surface area contributed by atoms with Gasteiger partial charge in [-0.3, -0.25) is 4.90 Å². The fraction of sp³-hybridized carbons (Fsp3) is 0.600. The highest BCUT2D eigenvalue weighted by Gasteiger charge is 2.41. The van der Waals surface area contributed by atoms with Crippen LogP contribution in [0.4, 0.5) is 4.79 Å². The van der Waals surface area contributed by atoms with Gasteiger partial charge in [-0.25, -0.2) is 13.2 Å². The van der Waals surface area contributed by atoms with Gasteiger partial charge in [-0.05, 0) is 42.5 Å². The molecule has 2 aliphatic heterocycles. The van der Waals surface area contributed by atoms with Crippen molar-refractivity contribution in [1.82, 2.24) is 9.80 Å². The maximum Gasteiger partial charge on any atom is 0.409 e. The Morgan fingerprint density at radius 2 is 1.79 bits per heavy atom. The van der Waals surface area contributed by atoms with Crippen LogP contribution in [-0.2, 0) is 14.6 Å². The molecule has 0 N–H and O–H groups in total. The van der Waals surface area contributed by atoms with Crippen LogP contribution in [0.25, 0.3) is 0 Å². The first-order valence-electron chi connectivity index (χ1n) is 9.79. The molecule has 2 saturated heterocycles. The minimum Gasteiger partial charge on any atom is -0.492 e. The van der Waals surface area contributed by atoms with E-state index in [0.717, 1.165) is 25.4 Å². The second-order valence-corrected chi connectivity index (χ2v) is 10.0. The van der Waals surface area contributed by atoms with Crippen LogP contribution in [0.1, 0.15) is 12.0 Å². The molecule has 2 heterocycles. The lowest BCUT2D eigenvalue weighted by Gasteiger charge is -2.21. The fourth-order valence-corrected chi connectivity index (χ4v) is 4.55. The number of nitriles is 1. The predicted octanol–water partition coefficient (Wildman–Crippen LogP) is 1.37. The minimum atomic E-state index is -3.02. The average Bonchev–Trinajstić information content (AvgIpc) is 3.24. The Bertz CT molecular complexity index is 836. The standard InChI is InChI=1S/C20H27N3O5S/c1-29(25,26)10-2-8-28-20(24)23-14-17-12-22(13-18(17)15-23)7-9-27-19-5-3-16(11-21)4-6-19/h3-6,17-18H,2,7-10,12-15H2,1H3. The van der Waals surface area contributed by atoms with Gasteiger partial charge in [0.05, 0.1) is 24.0 Å². The van der Waals surface area contributed by atoms with Crippen LogP contribution in [0, 0.1) is 23.2 Å². The molecule has 0 aliphatic carbocycles. The summed E-state index contributed by atoms with van der Waals surface area (Å²) in [5.41, 5.74) is 0.614. The van der Waals surface area contributed by atoms with Gasteiger partial charge in [0.25, 0.3) is 0 Å². The molecule has 0 radical (unpaired) electrons. The van der Waals surface area contributed by atoms with E-state index in [-0.39, 0.29) is 18.5 Å². The first-order chi connectivity index (χ1) is 13.8. The van der Waals surface area contributed by atoms with Crippen LogP contribution in [0.5, 0.6) is 5.75 Å². The fourth-order valence-electron chi connectivity index (χ4n) is 3.91. The number of nitrogens with zero attached hydrogens (tertiary/aromatic N) is 3. The summed E-state index contributed by atoms with van der Waals surface area (Å²) in [6.07, 6.45) is 1.17. The second kappa shape index (κ2) is 9.46. The van der Waals surface area contributed by atoms with Crippen molar-refractivity contribution in [1.29, 1.82) is 5.26 Å². The molecule has 2 aliphatic rings. The van der Waals surface area contributed by atoms with E-state index in [1.807, 2.05) is 0 Å². The number of hydrogen-bond donors (Lipinski definition) is 0. The first-order valence-corrected chi connectivity index (χ1v) is 11.8. The largest absolute Gasteiger partial charge is 0.492 e. The third kappa shape index (κ3) is 6.34. The molecule has 2 unspecified atom stereocenters. The van der Waals surface area contributed by atoms with Crippen molar-refractivity contribution >= 4 is 15.9 Å². The molecule has 0 saturated carbocycles. The number of carbonyl (C=O) groups is 1. The smallest absolute Gasteiger partial charge is 0.409 e. The van der Waals surface area contributed by atoms with Crippen LogP contribution >= 0.6 is 0 Å². The lowest BCUT2D eigenvalue weighted by atomic mass is 10.0. The Morgan fingerprint density at radius 3 is 2.38 bits per heavy atom. The average molecular weight is 422 g/mol. The summed E-state index contributed by atoms with van der Waals surface area (Å²) in [6, 6.07) is 9.17. The SMILES string of the molecule is CS(=O)(=O)CCCOC(=O)N1CC2CN(CCOc3ccc(C#N)cc3)CC2C1. The Hall–Kier alpha value is -2.31. The lowest BCUT2D eigenvalue weighted by molar-refractivity contribution is 0.106. The van der Waals surface area contributed by atoms with E-state index in [4.69, 9.17) is 14.7 Å². The van der Waals surface area contributed by atoms with Gasteiger partial charge in [-0.2, -0.15) is 5.26 Å². The number of amides is 1. The number of carbonyl (C=O) groups excluding carboxylic acids is 1. The Kier molecular flexibility index (Phi) is 6.98. The Balaban J connectivity index is 1.33. The summed E-state index contributed by atoms with van der Waals surface area (Å²) >= 11 is 0. The van der Waals surface area contributed by atoms with Crippen LogP contribution < -0.4 is 4.74 Å². The molecule has 1 aromatic carbocycles. The third-order valence-corrected chi connectivity index (χ3v) is 6.39. The molecule has 158 valence electrons. The number of likely N-dealkylation sites (tertiary alicyclic amines) is 2. The molecule has 29 heavy (non-hydrogen) atoms. The van der Waals surface area contributed by atoms with E-state index in [2.05, 4.69) is 11.0 Å². The van der Waals surface area contributed by atoms with E-state index in [0.29, 0.717) is 43.5 Å². The normalized spacial score (nSPS) is 21.6. The number of rotatable bonds is 8. The maximum atomic E-state index is 12.2. The summed E-state index contributed by atoms with van der Waals surface area (Å²) in [7, 11) is -3.02. The van der Waals surface area contributed by atoms with Crippen LogP contribution in [0.15, 0.2) is 24.3 Å². The van der Waals surface area contributed by atoms with E-state index in [1.54, 1.807) is 29.2 Å². The lowest BCUT2D eigenvalue weighted by Crippen LogP contribution is -2.35. The monoisotopic (exact) mass is 421 g/mol. The predicted molar refractivity (Wildman–Crippen MR) is 107 cm³/mol. The highest BCUT2D eigenvalue weighted by molar-refractivity contribution is 7.90. The highest BCUT2D eigenvalue weighted by atomic mass is 32.2. The maximum absolute atomic E-state index is 12.2. The molecule has 8 nitrogen and oxygen atoms in total. The van der Waals surface area contributed by atoms with Gasteiger partial charge >= 0.3 is 6.09 Å². The topological polar surface area (TPSA) is 99.9 Å². The number of ether oxygens (including phenoxy) is 2. The molecule has 2 atom stereocenters. The molecule has 3 rings (SSSR count). The Morgan fingerprint density at radius 1 is 1.14 bits per heavy atom. The summed E-state index contributed by atoms with van der Waals surface area (Å²) in [5, 5.41) is 8.81. The summed E-state index contributed by atoms with van der Waals surface area (Å²) in [4.78, 5) is 16.2. The highest BCUT2D eigenvalue weighted by Crippen LogP contribution is 2.31. The molecule has 9 heteroatoms. The number of hydrogen-bond acceptors (Lipinski definition) is 7. The van der Waals surface area contributed by atoms with Crippen molar-refractivity contribution in [3.63, 3.8) is 0 Å². The van der Waals surface area contributed by atoms with Crippen molar-refractivity contribution in [3.8, 4) is 11.8 Å². The van der Waals surface area contributed by atoms with Gasteiger partial charge in [0.2, 0.25) is 0 Å². The molecule has 0 spiro atoms. The van der Waals surface area contributed by atoms with E-state index < -0.39 is 9.84 Å². The number of fused-ring (bicyclic) bond motifs is 1. The van der Waals surface area contributed by atoms with Crippen LogP contribution in [0.2, 0.25) is 0 Å².